The van der Waals surface area contributed by atoms with Gasteiger partial charge in [-0.1, -0.05) is 23.7 Å². The summed E-state index contributed by atoms with van der Waals surface area (Å²) in [6.45, 7) is 0. The Morgan fingerprint density at radius 2 is 2.00 bits per heavy atom. The molecule has 1 heterocycles. The summed E-state index contributed by atoms with van der Waals surface area (Å²) in [5, 5.41) is 2.90. The summed E-state index contributed by atoms with van der Waals surface area (Å²) in [5.41, 5.74) is 0.490. The molecule has 0 saturated carbocycles. The molecule has 0 fully saturated rings. The Bertz CT molecular complexity index is 828. The quantitative estimate of drug-likeness (QED) is 0.531. The zero-order valence-corrected chi connectivity index (χ0v) is 13.2. The van der Waals surface area contributed by atoms with E-state index in [1.54, 1.807) is 5.38 Å². The smallest absolute Gasteiger partial charge is 0.197 e. The number of rotatable bonds is 2. The highest BCUT2D eigenvalue weighted by molar-refractivity contribution is 9.10. The van der Waals surface area contributed by atoms with Crippen molar-refractivity contribution >= 4 is 54.7 Å². The van der Waals surface area contributed by atoms with Gasteiger partial charge in [-0.3, -0.25) is 4.79 Å². The number of fused-ring (bicyclic) bond motifs is 1. The fourth-order valence-corrected chi connectivity index (χ4v) is 3.79. The van der Waals surface area contributed by atoms with Crippen LogP contribution in [0.1, 0.15) is 15.9 Å². The number of thiophene rings is 1. The monoisotopic (exact) mass is 368 g/mol. The molecule has 3 aromatic rings. The van der Waals surface area contributed by atoms with Crippen LogP contribution in [0.15, 0.2) is 46.3 Å². The number of carbonyl (C=O) groups excluding carboxylic acids is 1. The summed E-state index contributed by atoms with van der Waals surface area (Å²) in [7, 11) is 0. The lowest BCUT2D eigenvalue weighted by atomic mass is 10.0. The number of hydrogen-bond acceptors (Lipinski definition) is 2. The number of ketones is 1. The minimum atomic E-state index is -0.561. The van der Waals surface area contributed by atoms with Crippen LogP contribution in [0.4, 0.5) is 4.39 Å². The van der Waals surface area contributed by atoms with E-state index in [-0.39, 0.29) is 11.3 Å². The van der Waals surface area contributed by atoms with Crippen molar-refractivity contribution in [1.29, 1.82) is 0 Å². The summed E-state index contributed by atoms with van der Waals surface area (Å²) in [4.78, 5) is 12.5. The van der Waals surface area contributed by atoms with E-state index in [1.807, 2.05) is 18.2 Å². The minimum Gasteiger partial charge on any atom is -0.288 e. The summed E-state index contributed by atoms with van der Waals surface area (Å²) >= 11 is 10.7. The molecule has 2 aromatic carbocycles. The normalized spacial score (nSPS) is 10.9. The molecule has 0 aliphatic heterocycles. The Morgan fingerprint density at radius 1 is 1.20 bits per heavy atom. The topological polar surface area (TPSA) is 17.1 Å². The van der Waals surface area contributed by atoms with E-state index in [9.17, 15) is 9.18 Å². The van der Waals surface area contributed by atoms with E-state index in [2.05, 4.69) is 15.9 Å². The highest BCUT2D eigenvalue weighted by Crippen LogP contribution is 2.33. The van der Waals surface area contributed by atoms with E-state index in [4.69, 9.17) is 11.6 Å². The van der Waals surface area contributed by atoms with E-state index >= 15 is 0 Å². The Kier molecular flexibility index (Phi) is 3.63. The fraction of sp³-hybridized carbons (Fsp3) is 0. The third-order valence-corrected chi connectivity index (χ3v) is 5.16. The third kappa shape index (κ3) is 2.28. The van der Waals surface area contributed by atoms with E-state index < -0.39 is 5.82 Å². The highest BCUT2D eigenvalue weighted by atomic mass is 79.9. The summed E-state index contributed by atoms with van der Waals surface area (Å²) in [6.07, 6.45) is 0. The molecule has 0 atom stereocenters. The highest BCUT2D eigenvalue weighted by Gasteiger charge is 2.18. The molecule has 0 saturated heterocycles. The summed E-state index contributed by atoms with van der Waals surface area (Å²) in [5.74, 6) is -0.914. The second kappa shape index (κ2) is 5.28. The van der Waals surface area contributed by atoms with Gasteiger partial charge >= 0.3 is 0 Å². The van der Waals surface area contributed by atoms with E-state index in [0.29, 0.717) is 10.6 Å². The van der Waals surface area contributed by atoms with Crippen molar-refractivity contribution in [1.82, 2.24) is 0 Å². The molecule has 100 valence electrons. The Hall–Kier alpha value is -1.23. The lowest BCUT2D eigenvalue weighted by Crippen LogP contribution is -2.03. The zero-order valence-electron chi connectivity index (χ0n) is 9.99. The molecule has 0 spiro atoms. The van der Waals surface area contributed by atoms with Gasteiger partial charge in [0.2, 0.25) is 0 Å². The molecule has 0 N–H and O–H groups in total. The standard InChI is InChI=1S/C15H7BrClFOS/c16-12-3-1-2-9-11(7-20-15(9)12)14(19)10-6-8(17)4-5-13(10)18/h1-7H. The minimum absolute atomic E-state index is 0.00262. The Balaban J connectivity index is 2.18. The first-order chi connectivity index (χ1) is 9.58. The van der Waals surface area contributed by atoms with Crippen molar-refractivity contribution in [2.75, 3.05) is 0 Å². The SMILES string of the molecule is O=C(c1cc(Cl)ccc1F)c1csc2c(Br)cccc12. The van der Waals surface area contributed by atoms with Crippen molar-refractivity contribution in [3.63, 3.8) is 0 Å². The van der Waals surface area contributed by atoms with Gasteiger partial charge in [0.15, 0.2) is 5.78 Å². The van der Waals surface area contributed by atoms with Gasteiger partial charge in [0.05, 0.1) is 5.56 Å². The largest absolute Gasteiger partial charge is 0.288 e. The van der Waals surface area contributed by atoms with Gasteiger partial charge in [0.25, 0.3) is 0 Å². The Labute approximate surface area is 132 Å². The van der Waals surface area contributed by atoms with Crippen LogP contribution in [0.25, 0.3) is 10.1 Å². The molecule has 1 aromatic heterocycles. The lowest BCUT2D eigenvalue weighted by molar-refractivity contribution is 0.103. The van der Waals surface area contributed by atoms with Gasteiger partial charge in [-0.25, -0.2) is 4.39 Å². The first kappa shape index (κ1) is 13.7. The van der Waals surface area contributed by atoms with Crippen molar-refractivity contribution < 1.29 is 9.18 Å². The molecule has 0 unspecified atom stereocenters. The number of benzene rings is 2. The first-order valence-corrected chi connectivity index (χ1v) is 7.78. The van der Waals surface area contributed by atoms with E-state index in [1.165, 1.54) is 29.5 Å². The summed E-state index contributed by atoms with van der Waals surface area (Å²) < 4.78 is 15.7. The molecule has 0 bridgehead atoms. The van der Waals surface area contributed by atoms with Gasteiger partial charge in [-0.15, -0.1) is 11.3 Å². The second-order valence-electron chi connectivity index (χ2n) is 4.22. The van der Waals surface area contributed by atoms with Crippen LogP contribution in [0.2, 0.25) is 5.02 Å². The van der Waals surface area contributed by atoms with E-state index in [0.717, 1.165) is 14.6 Å². The number of hydrogen-bond donors (Lipinski definition) is 0. The second-order valence-corrected chi connectivity index (χ2v) is 6.39. The summed E-state index contributed by atoms with van der Waals surface area (Å²) in [6, 6.07) is 9.61. The zero-order chi connectivity index (χ0) is 14.3. The third-order valence-electron chi connectivity index (χ3n) is 2.97. The van der Waals surface area contributed by atoms with Crippen LogP contribution in [-0.4, -0.2) is 5.78 Å². The van der Waals surface area contributed by atoms with Crippen LogP contribution in [0.5, 0.6) is 0 Å². The number of carbonyl (C=O) groups is 1. The maximum atomic E-state index is 13.8. The molecule has 0 amide bonds. The molecule has 0 aliphatic carbocycles. The molecule has 20 heavy (non-hydrogen) atoms. The predicted molar refractivity (Wildman–Crippen MR) is 84.4 cm³/mol. The predicted octanol–water partition coefficient (Wildman–Crippen LogP) is 5.69. The van der Waals surface area contributed by atoms with Gasteiger partial charge in [-0.2, -0.15) is 0 Å². The van der Waals surface area contributed by atoms with Gasteiger partial charge in [0.1, 0.15) is 5.82 Å². The molecule has 0 radical (unpaired) electrons. The molecule has 0 aliphatic rings. The fourth-order valence-electron chi connectivity index (χ4n) is 2.01. The average Bonchev–Trinajstić information content (AvgIpc) is 2.86. The molecular formula is C15H7BrClFOS. The molecule has 1 nitrogen and oxygen atoms in total. The number of halogens is 3. The van der Waals surface area contributed by atoms with Crippen LogP contribution < -0.4 is 0 Å². The van der Waals surface area contributed by atoms with Crippen molar-refractivity contribution in [2.45, 2.75) is 0 Å². The van der Waals surface area contributed by atoms with Crippen LogP contribution in [0.3, 0.4) is 0 Å². The lowest BCUT2D eigenvalue weighted by Gasteiger charge is -2.03. The van der Waals surface area contributed by atoms with Gasteiger partial charge in [-0.05, 0) is 40.2 Å². The van der Waals surface area contributed by atoms with Crippen molar-refractivity contribution in [3.8, 4) is 0 Å². The van der Waals surface area contributed by atoms with Crippen LogP contribution in [0, 0.1) is 5.82 Å². The van der Waals surface area contributed by atoms with Crippen LogP contribution >= 0.6 is 38.9 Å². The van der Waals surface area contributed by atoms with Crippen molar-refractivity contribution in [3.05, 3.63) is 68.2 Å². The maximum absolute atomic E-state index is 13.8. The molecule has 5 heteroatoms. The van der Waals surface area contributed by atoms with Gasteiger partial charge in [0, 0.05) is 30.5 Å². The Morgan fingerprint density at radius 3 is 2.80 bits per heavy atom. The van der Waals surface area contributed by atoms with Crippen molar-refractivity contribution in [2.24, 2.45) is 0 Å². The maximum Gasteiger partial charge on any atom is 0.197 e. The molecule has 3 rings (SSSR count). The van der Waals surface area contributed by atoms with Gasteiger partial charge < -0.3 is 0 Å². The average molecular weight is 370 g/mol. The first-order valence-electron chi connectivity index (χ1n) is 5.73. The van der Waals surface area contributed by atoms with Crippen LogP contribution in [-0.2, 0) is 0 Å². The molecular weight excluding hydrogens is 363 g/mol.